The molecule has 6 heteroatoms. The number of benzene rings is 3. The minimum atomic E-state index is -0.685. The van der Waals surface area contributed by atoms with Crippen LogP contribution in [0.1, 0.15) is 44.6 Å². The van der Waals surface area contributed by atoms with Crippen molar-refractivity contribution in [3.8, 4) is 5.75 Å². The van der Waals surface area contributed by atoms with Crippen molar-refractivity contribution in [2.75, 3.05) is 6.61 Å². The van der Waals surface area contributed by atoms with E-state index in [4.69, 9.17) is 4.74 Å². The van der Waals surface area contributed by atoms with E-state index in [9.17, 15) is 14.0 Å². The molecule has 1 aliphatic carbocycles. The monoisotopic (exact) mass is 462 g/mol. The Labute approximate surface area is 199 Å². The smallest absolute Gasteiger partial charge is 0.261 e. The lowest BCUT2D eigenvalue weighted by Gasteiger charge is -2.31. The first-order valence-electron chi connectivity index (χ1n) is 12.0. The van der Waals surface area contributed by atoms with E-state index in [1.807, 2.05) is 42.5 Å². The lowest BCUT2D eigenvalue weighted by Crippen LogP contribution is -2.51. The highest BCUT2D eigenvalue weighted by Gasteiger charge is 2.28. The van der Waals surface area contributed by atoms with E-state index in [2.05, 4.69) is 5.32 Å². The van der Waals surface area contributed by atoms with Gasteiger partial charge in [0, 0.05) is 18.0 Å². The van der Waals surface area contributed by atoms with Crippen molar-refractivity contribution in [2.24, 2.45) is 0 Å². The molecule has 3 aromatic rings. The van der Waals surface area contributed by atoms with Crippen LogP contribution < -0.4 is 10.1 Å². The highest BCUT2D eigenvalue weighted by molar-refractivity contribution is 5.90. The summed E-state index contributed by atoms with van der Waals surface area (Å²) in [6.45, 7) is 1.73. The Hall–Kier alpha value is -3.41. The summed E-state index contributed by atoms with van der Waals surface area (Å²) >= 11 is 0. The third kappa shape index (κ3) is 5.93. The van der Waals surface area contributed by atoms with E-state index in [0.29, 0.717) is 5.75 Å². The second kappa shape index (κ2) is 11.1. The fourth-order valence-electron chi connectivity index (χ4n) is 4.48. The van der Waals surface area contributed by atoms with Crippen LogP contribution in [0.3, 0.4) is 0 Å². The normalized spacial score (nSPS) is 15.0. The van der Waals surface area contributed by atoms with Gasteiger partial charge in [0.15, 0.2) is 6.61 Å². The van der Waals surface area contributed by atoms with E-state index in [0.717, 1.165) is 42.0 Å². The fourth-order valence-corrected chi connectivity index (χ4v) is 4.48. The molecule has 1 N–H and O–H groups in total. The van der Waals surface area contributed by atoms with Crippen LogP contribution in [-0.4, -0.2) is 35.4 Å². The summed E-state index contributed by atoms with van der Waals surface area (Å²) in [5, 5.41) is 5.06. The fraction of sp³-hybridized carbons (Fsp3) is 0.357. The summed E-state index contributed by atoms with van der Waals surface area (Å²) in [6, 6.07) is 19.0. The zero-order valence-corrected chi connectivity index (χ0v) is 19.5. The van der Waals surface area contributed by atoms with Gasteiger partial charge in [0.2, 0.25) is 5.91 Å². The van der Waals surface area contributed by atoms with E-state index < -0.39 is 6.04 Å². The molecule has 1 fully saturated rings. The molecular weight excluding hydrogens is 431 g/mol. The summed E-state index contributed by atoms with van der Waals surface area (Å²) in [6.07, 6.45) is 5.35. The summed E-state index contributed by atoms with van der Waals surface area (Å²) < 4.78 is 19.3. The van der Waals surface area contributed by atoms with Crippen molar-refractivity contribution in [3.05, 3.63) is 78.1 Å². The molecule has 0 aromatic heterocycles. The Morgan fingerprint density at radius 3 is 2.47 bits per heavy atom. The minimum absolute atomic E-state index is 0.151. The summed E-state index contributed by atoms with van der Waals surface area (Å²) in [5.41, 5.74) is 0.747. The summed E-state index contributed by atoms with van der Waals surface area (Å²) in [5.74, 6) is -0.201. The lowest BCUT2D eigenvalue weighted by molar-refractivity contribution is -0.142. The largest absolute Gasteiger partial charge is 0.483 e. The number of nitrogens with one attached hydrogen (secondary N) is 1. The second-order valence-corrected chi connectivity index (χ2v) is 8.93. The van der Waals surface area contributed by atoms with Gasteiger partial charge in [-0.05, 0) is 48.9 Å². The van der Waals surface area contributed by atoms with Crippen LogP contribution in [0.4, 0.5) is 4.39 Å². The number of hydrogen-bond acceptors (Lipinski definition) is 3. The van der Waals surface area contributed by atoms with Gasteiger partial charge >= 0.3 is 0 Å². The van der Waals surface area contributed by atoms with Crippen LogP contribution in [0.5, 0.6) is 5.75 Å². The molecule has 0 saturated heterocycles. The van der Waals surface area contributed by atoms with Gasteiger partial charge in [-0.2, -0.15) is 0 Å². The van der Waals surface area contributed by atoms with E-state index in [-0.39, 0.29) is 36.8 Å². The van der Waals surface area contributed by atoms with Gasteiger partial charge in [0.05, 0.1) is 0 Å². The van der Waals surface area contributed by atoms with Crippen molar-refractivity contribution in [3.63, 3.8) is 0 Å². The maximum Gasteiger partial charge on any atom is 0.261 e. The van der Waals surface area contributed by atoms with Gasteiger partial charge < -0.3 is 15.0 Å². The molecule has 1 aliphatic rings. The zero-order chi connectivity index (χ0) is 23.9. The molecule has 3 aromatic carbocycles. The van der Waals surface area contributed by atoms with Gasteiger partial charge in [-0.3, -0.25) is 9.59 Å². The second-order valence-electron chi connectivity index (χ2n) is 8.93. The quantitative estimate of drug-likeness (QED) is 0.499. The topological polar surface area (TPSA) is 58.6 Å². The predicted octanol–water partition coefficient (Wildman–Crippen LogP) is 5.22. The van der Waals surface area contributed by atoms with Crippen molar-refractivity contribution < 1.29 is 18.7 Å². The Morgan fingerprint density at radius 2 is 1.71 bits per heavy atom. The molecule has 1 unspecified atom stereocenters. The molecule has 2 amide bonds. The third-order valence-corrected chi connectivity index (χ3v) is 6.49. The number of ether oxygens (including phenoxy) is 1. The number of halogens is 1. The average molecular weight is 463 g/mol. The molecule has 178 valence electrons. The Balaban J connectivity index is 1.49. The van der Waals surface area contributed by atoms with Crippen molar-refractivity contribution >= 4 is 22.6 Å². The van der Waals surface area contributed by atoms with Gasteiger partial charge in [-0.1, -0.05) is 67.8 Å². The third-order valence-electron chi connectivity index (χ3n) is 6.49. The standard InChI is InChI=1S/C28H31FN2O3/c1-20(28(33)30-24-10-3-2-4-11-24)31(18-21-14-16-23(29)17-15-21)27(32)19-34-26-13-7-9-22-8-5-6-12-25(22)26/h5-9,12-17,20,24H,2-4,10-11,18-19H2,1H3,(H,30,33). The van der Waals surface area contributed by atoms with Gasteiger partial charge in [-0.15, -0.1) is 0 Å². The lowest BCUT2D eigenvalue weighted by atomic mass is 9.95. The van der Waals surface area contributed by atoms with Crippen molar-refractivity contribution in [1.29, 1.82) is 0 Å². The number of rotatable bonds is 8. The molecule has 4 rings (SSSR count). The minimum Gasteiger partial charge on any atom is -0.483 e. The van der Waals surface area contributed by atoms with Crippen LogP contribution in [0.15, 0.2) is 66.7 Å². The van der Waals surface area contributed by atoms with Crippen molar-refractivity contribution in [1.82, 2.24) is 10.2 Å². The van der Waals surface area contributed by atoms with Crippen molar-refractivity contribution in [2.45, 2.75) is 57.7 Å². The Morgan fingerprint density at radius 1 is 1.00 bits per heavy atom. The highest BCUT2D eigenvalue weighted by atomic mass is 19.1. The molecule has 0 aliphatic heterocycles. The molecule has 5 nitrogen and oxygen atoms in total. The van der Waals surface area contributed by atoms with E-state index in [1.54, 1.807) is 19.1 Å². The average Bonchev–Trinajstić information content (AvgIpc) is 2.87. The molecule has 0 spiro atoms. The first-order valence-corrected chi connectivity index (χ1v) is 12.0. The maximum absolute atomic E-state index is 13.4. The van der Waals surface area contributed by atoms with E-state index in [1.165, 1.54) is 23.5 Å². The van der Waals surface area contributed by atoms with E-state index >= 15 is 0 Å². The van der Waals surface area contributed by atoms with Crippen LogP contribution >= 0.6 is 0 Å². The van der Waals surface area contributed by atoms with Gasteiger partial charge in [0.25, 0.3) is 5.91 Å². The molecule has 1 saturated carbocycles. The number of nitrogens with zero attached hydrogens (tertiary/aromatic N) is 1. The predicted molar refractivity (Wildman–Crippen MR) is 131 cm³/mol. The molecule has 0 bridgehead atoms. The highest BCUT2D eigenvalue weighted by Crippen LogP contribution is 2.25. The van der Waals surface area contributed by atoms with Crippen LogP contribution in [0.2, 0.25) is 0 Å². The number of fused-ring (bicyclic) bond motifs is 1. The summed E-state index contributed by atoms with van der Waals surface area (Å²) in [7, 11) is 0. The zero-order valence-electron chi connectivity index (χ0n) is 19.5. The number of carbonyl (C=O) groups is 2. The molecule has 0 heterocycles. The van der Waals surface area contributed by atoms with Crippen LogP contribution in [0, 0.1) is 5.82 Å². The molecule has 1 atom stereocenters. The SMILES string of the molecule is CC(C(=O)NC1CCCCC1)N(Cc1ccc(F)cc1)C(=O)COc1cccc2ccccc12. The van der Waals surface area contributed by atoms with Gasteiger partial charge in [0.1, 0.15) is 17.6 Å². The molecule has 0 radical (unpaired) electrons. The number of carbonyl (C=O) groups excluding carboxylic acids is 2. The first-order chi connectivity index (χ1) is 16.5. The van der Waals surface area contributed by atoms with Crippen LogP contribution in [0.25, 0.3) is 10.8 Å². The Kier molecular flexibility index (Phi) is 7.78. The van der Waals surface area contributed by atoms with Crippen LogP contribution in [-0.2, 0) is 16.1 Å². The van der Waals surface area contributed by atoms with Gasteiger partial charge in [-0.25, -0.2) is 4.39 Å². The molecular formula is C28H31FN2O3. The number of hydrogen-bond donors (Lipinski definition) is 1. The maximum atomic E-state index is 13.4. The molecule has 34 heavy (non-hydrogen) atoms. The summed E-state index contributed by atoms with van der Waals surface area (Å²) in [4.78, 5) is 27.9. The number of amides is 2. The Bertz CT molecular complexity index is 1120. The first kappa shape index (κ1) is 23.7.